The number of morpholine rings is 1. The molecule has 0 saturated carbocycles. The van der Waals surface area contributed by atoms with E-state index in [1.165, 1.54) is 0 Å². The molecule has 0 N–H and O–H groups in total. The van der Waals surface area contributed by atoms with Gasteiger partial charge in [0, 0.05) is 30.8 Å². The molecule has 108 valence electrons. The maximum Gasteiger partial charge on any atom is 0.349 e. The van der Waals surface area contributed by atoms with Crippen molar-refractivity contribution in [2.24, 2.45) is 0 Å². The van der Waals surface area contributed by atoms with Gasteiger partial charge in [0.25, 0.3) is 11.6 Å². The van der Waals surface area contributed by atoms with Crippen molar-refractivity contribution in [2.75, 3.05) is 26.3 Å². The van der Waals surface area contributed by atoms with E-state index in [0.29, 0.717) is 0 Å². The molecular formula is C12H12F2N2O4. The van der Waals surface area contributed by atoms with Crippen molar-refractivity contribution in [3.63, 3.8) is 0 Å². The van der Waals surface area contributed by atoms with E-state index in [2.05, 4.69) is 0 Å². The summed E-state index contributed by atoms with van der Waals surface area (Å²) < 4.78 is 33.1. The number of carbonyl (C=O) groups excluding carboxylic acids is 1. The highest BCUT2D eigenvalue weighted by Crippen LogP contribution is 2.31. The van der Waals surface area contributed by atoms with Gasteiger partial charge in [-0.3, -0.25) is 14.9 Å². The van der Waals surface area contributed by atoms with E-state index < -0.39 is 22.3 Å². The van der Waals surface area contributed by atoms with Crippen molar-refractivity contribution in [2.45, 2.75) is 5.92 Å². The number of halogens is 2. The Hall–Kier alpha value is -2.09. The van der Waals surface area contributed by atoms with Crippen molar-refractivity contribution in [1.82, 2.24) is 4.90 Å². The molecule has 1 saturated heterocycles. The summed E-state index contributed by atoms with van der Waals surface area (Å²) in [6.07, 6.45) is 0. The Morgan fingerprint density at radius 2 is 1.80 bits per heavy atom. The lowest BCUT2D eigenvalue weighted by Crippen LogP contribution is -2.47. The molecule has 2 rings (SSSR count). The Kier molecular flexibility index (Phi) is 3.93. The average Bonchev–Trinajstić information content (AvgIpc) is 2.47. The summed E-state index contributed by atoms with van der Waals surface area (Å²) >= 11 is 0. The van der Waals surface area contributed by atoms with Crippen LogP contribution in [0.25, 0.3) is 0 Å². The Balaban J connectivity index is 2.19. The zero-order valence-electron chi connectivity index (χ0n) is 10.4. The minimum Gasteiger partial charge on any atom is -0.378 e. The van der Waals surface area contributed by atoms with Crippen LogP contribution in [-0.2, 0) is 15.5 Å². The third-order valence-corrected chi connectivity index (χ3v) is 3.01. The van der Waals surface area contributed by atoms with Crippen LogP contribution < -0.4 is 0 Å². The lowest BCUT2D eigenvalue weighted by molar-refractivity contribution is -0.384. The fraction of sp³-hybridized carbons (Fsp3) is 0.417. The van der Waals surface area contributed by atoms with Gasteiger partial charge in [-0.1, -0.05) is 0 Å². The third kappa shape index (κ3) is 2.74. The first kappa shape index (κ1) is 14.3. The molecule has 1 aliphatic heterocycles. The summed E-state index contributed by atoms with van der Waals surface area (Å²) in [5, 5.41) is 10.5. The highest BCUT2D eigenvalue weighted by Gasteiger charge is 2.44. The fourth-order valence-corrected chi connectivity index (χ4v) is 1.88. The van der Waals surface area contributed by atoms with E-state index in [4.69, 9.17) is 4.74 Å². The minimum absolute atomic E-state index is 0.113. The molecule has 0 aliphatic carbocycles. The van der Waals surface area contributed by atoms with Crippen molar-refractivity contribution in [1.29, 1.82) is 0 Å². The van der Waals surface area contributed by atoms with Gasteiger partial charge in [0.05, 0.1) is 18.1 Å². The van der Waals surface area contributed by atoms with Crippen LogP contribution in [0.5, 0.6) is 0 Å². The van der Waals surface area contributed by atoms with Crippen molar-refractivity contribution in [3.05, 3.63) is 39.9 Å². The number of alkyl halides is 2. The second-order valence-electron chi connectivity index (χ2n) is 4.28. The number of amides is 1. The second kappa shape index (κ2) is 5.49. The number of non-ortho nitro benzene ring substituents is 1. The van der Waals surface area contributed by atoms with Crippen molar-refractivity contribution >= 4 is 11.6 Å². The maximum atomic E-state index is 14.1. The highest BCUT2D eigenvalue weighted by atomic mass is 19.3. The molecule has 8 heteroatoms. The molecule has 0 aromatic heterocycles. The first-order valence-electron chi connectivity index (χ1n) is 5.93. The van der Waals surface area contributed by atoms with Crippen LogP contribution in [0.1, 0.15) is 5.56 Å². The van der Waals surface area contributed by atoms with E-state index in [1.54, 1.807) is 0 Å². The number of hydrogen-bond donors (Lipinski definition) is 0. The number of carbonyl (C=O) groups is 1. The van der Waals surface area contributed by atoms with Crippen LogP contribution in [0.3, 0.4) is 0 Å². The standard InChI is InChI=1S/C12H12F2N2O4/c13-12(14,11(17)15-5-7-20-8-6-15)9-1-3-10(4-2-9)16(18)19/h1-4H,5-8H2. The Bertz CT molecular complexity index is 513. The van der Waals surface area contributed by atoms with Crippen LogP contribution in [0, 0.1) is 10.1 Å². The summed E-state index contributed by atoms with van der Waals surface area (Å²) in [6, 6.07) is 3.71. The Morgan fingerprint density at radius 1 is 1.25 bits per heavy atom. The quantitative estimate of drug-likeness (QED) is 0.624. The summed E-state index contributed by atoms with van der Waals surface area (Å²) in [7, 11) is 0. The molecule has 1 fully saturated rings. The maximum absolute atomic E-state index is 14.1. The third-order valence-electron chi connectivity index (χ3n) is 3.01. The van der Waals surface area contributed by atoms with Crippen LogP contribution >= 0.6 is 0 Å². The average molecular weight is 286 g/mol. The molecule has 0 atom stereocenters. The molecule has 0 unspecified atom stereocenters. The number of hydrogen-bond acceptors (Lipinski definition) is 4. The van der Waals surface area contributed by atoms with Crippen LogP contribution in [0.15, 0.2) is 24.3 Å². The molecule has 6 nitrogen and oxygen atoms in total. The second-order valence-corrected chi connectivity index (χ2v) is 4.28. The fourth-order valence-electron chi connectivity index (χ4n) is 1.88. The van der Waals surface area contributed by atoms with Gasteiger partial charge in [-0.15, -0.1) is 0 Å². The first-order valence-corrected chi connectivity index (χ1v) is 5.93. The summed E-state index contributed by atoms with van der Waals surface area (Å²) in [4.78, 5) is 22.6. The number of nitro benzene ring substituents is 1. The molecule has 0 bridgehead atoms. The lowest BCUT2D eigenvalue weighted by Gasteiger charge is -2.30. The van der Waals surface area contributed by atoms with Gasteiger partial charge in [0.1, 0.15) is 0 Å². The van der Waals surface area contributed by atoms with E-state index in [0.717, 1.165) is 29.2 Å². The lowest BCUT2D eigenvalue weighted by atomic mass is 10.1. The van der Waals surface area contributed by atoms with Gasteiger partial charge in [0.15, 0.2) is 0 Å². The number of nitrogens with zero attached hydrogens (tertiary/aromatic N) is 2. The van der Waals surface area contributed by atoms with Crippen LogP contribution in [0.2, 0.25) is 0 Å². The van der Waals surface area contributed by atoms with Gasteiger partial charge in [0.2, 0.25) is 0 Å². The SMILES string of the molecule is O=C(N1CCOCC1)C(F)(F)c1ccc([N+](=O)[O-])cc1. The van der Waals surface area contributed by atoms with Crippen molar-refractivity contribution in [3.8, 4) is 0 Å². The normalized spacial score (nSPS) is 16.0. The molecule has 0 spiro atoms. The van der Waals surface area contributed by atoms with E-state index in [1.807, 2.05) is 0 Å². The molecule has 1 aromatic carbocycles. The topological polar surface area (TPSA) is 72.7 Å². The monoisotopic (exact) mass is 286 g/mol. The van der Waals surface area contributed by atoms with Gasteiger partial charge >= 0.3 is 5.92 Å². The zero-order chi connectivity index (χ0) is 14.8. The van der Waals surface area contributed by atoms with Gasteiger partial charge in [-0.05, 0) is 12.1 Å². The number of ether oxygens (including phenoxy) is 1. The molecule has 1 aliphatic rings. The smallest absolute Gasteiger partial charge is 0.349 e. The van der Waals surface area contributed by atoms with Gasteiger partial charge in [-0.2, -0.15) is 8.78 Å². The number of benzene rings is 1. The predicted octanol–water partition coefficient (Wildman–Crippen LogP) is 1.55. The number of nitro groups is 1. The number of rotatable bonds is 3. The van der Waals surface area contributed by atoms with Crippen LogP contribution in [-0.4, -0.2) is 42.0 Å². The van der Waals surface area contributed by atoms with Gasteiger partial charge < -0.3 is 9.64 Å². The van der Waals surface area contributed by atoms with Crippen LogP contribution in [0.4, 0.5) is 14.5 Å². The predicted molar refractivity (Wildman–Crippen MR) is 64.4 cm³/mol. The van der Waals surface area contributed by atoms with E-state index >= 15 is 0 Å². The largest absolute Gasteiger partial charge is 0.378 e. The van der Waals surface area contributed by atoms with E-state index in [9.17, 15) is 23.7 Å². The van der Waals surface area contributed by atoms with E-state index in [-0.39, 0.29) is 32.0 Å². The molecule has 1 amide bonds. The first-order chi connectivity index (χ1) is 9.43. The van der Waals surface area contributed by atoms with Crippen molar-refractivity contribution < 1.29 is 23.2 Å². The summed E-state index contributed by atoms with van der Waals surface area (Å²) in [5.41, 5.74) is -0.858. The zero-order valence-corrected chi connectivity index (χ0v) is 10.4. The van der Waals surface area contributed by atoms with Gasteiger partial charge in [-0.25, -0.2) is 0 Å². The molecule has 20 heavy (non-hydrogen) atoms. The molecule has 1 aromatic rings. The summed E-state index contributed by atoms with van der Waals surface area (Å²) in [6.45, 7) is 0.674. The summed E-state index contributed by atoms with van der Waals surface area (Å²) in [5.74, 6) is -5.01. The highest BCUT2D eigenvalue weighted by molar-refractivity contribution is 5.85. The molecule has 0 radical (unpaired) electrons. The minimum atomic E-state index is -3.70. The Labute approximate surface area is 113 Å². The molecule has 1 heterocycles. The molecular weight excluding hydrogens is 274 g/mol. The Morgan fingerprint density at radius 3 is 2.30 bits per heavy atom.